The van der Waals surface area contributed by atoms with E-state index in [4.69, 9.17) is 4.42 Å². The molecule has 0 bridgehead atoms. The SMILES string of the molecule is Cn1cc(C(=O)N/N=C/c2ccco2)ccc1=O. The van der Waals surface area contributed by atoms with Crippen molar-refractivity contribution in [2.75, 3.05) is 0 Å². The van der Waals surface area contributed by atoms with Gasteiger partial charge in [-0.3, -0.25) is 9.59 Å². The molecule has 2 aromatic heterocycles. The van der Waals surface area contributed by atoms with Crippen molar-refractivity contribution in [2.45, 2.75) is 0 Å². The number of nitrogens with zero attached hydrogens (tertiary/aromatic N) is 2. The van der Waals surface area contributed by atoms with Gasteiger partial charge in [0.15, 0.2) is 0 Å². The summed E-state index contributed by atoms with van der Waals surface area (Å²) in [6, 6.07) is 6.20. The van der Waals surface area contributed by atoms with Gasteiger partial charge < -0.3 is 8.98 Å². The molecular formula is C12H11N3O3. The predicted molar refractivity (Wildman–Crippen MR) is 65.5 cm³/mol. The van der Waals surface area contributed by atoms with E-state index in [0.29, 0.717) is 11.3 Å². The first-order valence-electron chi connectivity index (χ1n) is 5.20. The Kier molecular flexibility index (Phi) is 3.38. The van der Waals surface area contributed by atoms with Crippen molar-refractivity contribution >= 4 is 12.1 Å². The summed E-state index contributed by atoms with van der Waals surface area (Å²) in [4.78, 5) is 22.8. The highest BCUT2D eigenvalue weighted by molar-refractivity contribution is 5.94. The molecule has 0 aromatic carbocycles. The van der Waals surface area contributed by atoms with Gasteiger partial charge in [-0.2, -0.15) is 5.10 Å². The van der Waals surface area contributed by atoms with Crippen molar-refractivity contribution in [1.29, 1.82) is 0 Å². The highest BCUT2D eigenvalue weighted by atomic mass is 16.3. The minimum Gasteiger partial charge on any atom is -0.463 e. The molecule has 2 aromatic rings. The third kappa shape index (κ3) is 2.73. The number of hydrogen-bond donors (Lipinski definition) is 1. The second kappa shape index (κ2) is 5.13. The van der Waals surface area contributed by atoms with Crippen molar-refractivity contribution in [3.05, 3.63) is 58.4 Å². The van der Waals surface area contributed by atoms with E-state index in [0.717, 1.165) is 0 Å². The topological polar surface area (TPSA) is 76.6 Å². The van der Waals surface area contributed by atoms with Gasteiger partial charge >= 0.3 is 0 Å². The second-order valence-corrected chi connectivity index (χ2v) is 3.58. The lowest BCUT2D eigenvalue weighted by atomic mass is 10.3. The molecule has 0 unspecified atom stereocenters. The smallest absolute Gasteiger partial charge is 0.272 e. The first kappa shape index (κ1) is 11.8. The predicted octanol–water partition coefficient (Wildman–Crippen LogP) is 0.742. The molecule has 18 heavy (non-hydrogen) atoms. The Morgan fingerprint density at radius 1 is 1.44 bits per heavy atom. The van der Waals surface area contributed by atoms with Crippen LogP contribution >= 0.6 is 0 Å². The Hall–Kier alpha value is -2.63. The fourth-order valence-electron chi connectivity index (χ4n) is 1.31. The van der Waals surface area contributed by atoms with E-state index < -0.39 is 5.91 Å². The third-order valence-corrected chi connectivity index (χ3v) is 2.25. The van der Waals surface area contributed by atoms with Gasteiger partial charge in [-0.1, -0.05) is 0 Å². The molecule has 1 N–H and O–H groups in total. The maximum Gasteiger partial charge on any atom is 0.272 e. The van der Waals surface area contributed by atoms with Gasteiger partial charge in [0.25, 0.3) is 5.91 Å². The number of carbonyl (C=O) groups is 1. The minimum absolute atomic E-state index is 0.175. The monoisotopic (exact) mass is 245 g/mol. The maximum atomic E-state index is 11.7. The lowest BCUT2D eigenvalue weighted by molar-refractivity contribution is 0.0954. The lowest BCUT2D eigenvalue weighted by Gasteiger charge is -2.01. The number of aryl methyl sites for hydroxylation is 1. The summed E-state index contributed by atoms with van der Waals surface area (Å²) in [7, 11) is 1.57. The first-order chi connectivity index (χ1) is 8.66. The van der Waals surface area contributed by atoms with Crippen LogP contribution in [0.2, 0.25) is 0 Å². The molecule has 0 saturated heterocycles. The fourth-order valence-corrected chi connectivity index (χ4v) is 1.31. The Bertz CT molecular complexity index is 626. The van der Waals surface area contributed by atoms with Crippen LogP contribution in [0.15, 0.2) is 51.0 Å². The Labute approximate surface area is 103 Å². The van der Waals surface area contributed by atoms with E-state index in [1.54, 1.807) is 19.2 Å². The molecule has 0 aliphatic heterocycles. The van der Waals surface area contributed by atoms with Crippen LogP contribution in [0.1, 0.15) is 16.1 Å². The number of amides is 1. The van der Waals surface area contributed by atoms with Crippen molar-refractivity contribution in [3.8, 4) is 0 Å². The Morgan fingerprint density at radius 3 is 2.94 bits per heavy atom. The number of rotatable bonds is 3. The summed E-state index contributed by atoms with van der Waals surface area (Å²) >= 11 is 0. The average Bonchev–Trinajstić information content (AvgIpc) is 2.85. The van der Waals surface area contributed by atoms with E-state index in [9.17, 15) is 9.59 Å². The number of hydrazone groups is 1. The molecule has 0 saturated carbocycles. The average molecular weight is 245 g/mol. The molecule has 0 radical (unpaired) electrons. The summed E-state index contributed by atoms with van der Waals surface area (Å²) in [6.45, 7) is 0. The second-order valence-electron chi connectivity index (χ2n) is 3.58. The van der Waals surface area contributed by atoms with Crippen molar-refractivity contribution < 1.29 is 9.21 Å². The lowest BCUT2D eigenvalue weighted by Crippen LogP contribution is -2.22. The van der Waals surface area contributed by atoms with E-state index in [1.165, 1.54) is 35.4 Å². The molecule has 0 aliphatic rings. The van der Waals surface area contributed by atoms with Crippen molar-refractivity contribution in [1.82, 2.24) is 9.99 Å². The normalized spacial score (nSPS) is 10.7. The van der Waals surface area contributed by atoms with Crippen LogP contribution in [0, 0.1) is 0 Å². The fraction of sp³-hybridized carbons (Fsp3) is 0.0833. The molecule has 6 heteroatoms. The third-order valence-electron chi connectivity index (χ3n) is 2.25. The molecular weight excluding hydrogens is 234 g/mol. The number of carbonyl (C=O) groups excluding carboxylic acids is 1. The van der Waals surface area contributed by atoms with Gasteiger partial charge in [0.05, 0.1) is 18.0 Å². The van der Waals surface area contributed by atoms with Crippen molar-refractivity contribution in [3.63, 3.8) is 0 Å². The largest absolute Gasteiger partial charge is 0.463 e. The zero-order valence-corrected chi connectivity index (χ0v) is 9.66. The standard InChI is InChI=1S/C12H11N3O3/c1-15-8-9(4-5-11(15)16)12(17)14-13-7-10-3-2-6-18-10/h2-8H,1H3,(H,14,17)/b13-7+. The summed E-state index contributed by atoms with van der Waals surface area (Å²) in [5, 5.41) is 3.74. The molecule has 1 amide bonds. The first-order valence-corrected chi connectivity index (χ1v) is 5.20. The van der Waals surface area contributed by atoms with Gasteiger partial charge in [0, 0.05) is 19.3 Å². The molecule has 0 spiro atoms. The quantitative estimate of drug-likeness (QED) is 0.640. The summed E-state index contributed by atoms with van der Waals surface area (Å²) < 4.78 is 6.33. The number of pyridine rings is 1. The van der Waals surface area contributed by atoms with E-state index in [2.05, 4.69) is 10.5 Å². The van der Waals surface area contributed by atoms with Gasteiger partial charge in [0.1, 0.15) is 5.76 Å². The van der Waals surface area contributed by atoms with Gasteiger partial charge in [0.2, 0.25) is 5.56 Å². The van der Waals surface area contributed by atoms with Crippen LogP contribution in [0.25, 0.3) is 0 Å². The summed E-state index contributed by atoms with van der Waals surface area (Å²) in [6.07, 6.45) is 4.34. The number of hydrogen-bond acceptors (Lipinski definition) is 4. The van der Waals surface area contributed by atoms with Gasteiger partial charge in [-0.25, -0.2) is 5.43 Å². The highest BCUT2D eigenvalue weighted by Gasteiger charge is 2.04. The molecule has 92 valence electrons. The van der Waals surface area contributed by atoms with Crippen LogP contribution in [-0.4, -0.2) is 16.7 Å². The van der Waals surface area contributed by atoms with Crippen LogP contribution < -0.4 is 11.0 Å². The Morgan fingerprint density at radius 2 is 2.28 bits per heavy atom. The van der Waals surface area contributed by atoms with Gasteiger partial charge in [-0.05, 0) is 18.2 Å². The number of furan rings is 1. The summed E-state index contributed by atoms with van der Waals surface area (Å²) in [5.74, 6) is 0.143. The molecule has 2 heterocycles. The molecule has 0 fully saturated rings. The maximum absolute atomic E-state index is 11.7. The Balaban J connectivity index is 2.04. The molecule has 0 atom stereocenters. The summed E-state index contributed by atoms with van der Waals surface area (Å²) in [5.41, 5.74) is 2.52. The van der Waals surface area contributed by atoms with E-state index >= 15 is 0 Å². The minimum atomic E-state index is -0.395. The zero-order chi connectivity index (χ0) is 13.0. The number of nitrogens with one attached hydrogen (secondary N) is 1. The van der Waals surface area contributed by atoms with Crippen molar-refractivity contribution in [2.24, 2.45) is 12.1 Å². The van der Waals surface area contributed by atoms with Crippen LogP contribution in [0.3, 0.4) is 0 Å². The molecule has 0 aliphatic carbocycles. The number of aromatic nitrogens is 1. The molecule has 2 rings (SSSR count). The van der Waals surface area contributed by atoms with Crippen LogP contribution in [0.4, 0.5) is 0 Å². The highest BCUT2D eigenvalue weighted by Crippen LogP contribution is 1.96. The molecule has 6 nitrogen and oxygen atoms in total. The van der Waals surface area contributed by atoms with Crippen LogP contribution in [-0.2, 0) is 7.05 Å². The van der Waals surface area contributed by atoms with E-state index in [1.807, 2.05) is 0 Å². The van der Waals surface area contributed by atoms with Crippen LogP contribution in [0.5, 0.6) is 0 Å². The zero-order valence-electron chi connectivity index (χ0n) is 9.66. The van der Waals surface area contributed by atoms with E-state index in [-0.39, 0.29) is 5.56 Å². The van der Waals surface area contributed by atoms with Gasteiger partial charge in [-0.15, -0.1) is 0 Å².